The Morgan fingerprint density at radius 1 is 1.19 bits per heavy atom. The minimum Gasteiger partial charge on any atom is -0.316 e. The SMILES string of the molecule is N#Cc1c(NC(=O)CSc2nnc(C3CC3)n2-c2ccccc2)sc2c1CCCCC2. The number of aryl methyl sites for hydroxylation is 1. The summed E-state index contributed by atoms with van der Waals surface area (Å²) >= 11 is 2.96. The van der Waals surface area contributed by atoms with Crippen molar-refractivity contribution in [1.82, 2.24) is 14.8 Å². The van der Waals surface area contributed by atoms with Gasteiger partial charge in [0.25, 0.3) is 0 Å². The highest BCUT2D eigenvalue weighted by Crippen LogP contribution is 2.41. The van der Waals surface area contributed by atoms with Crippen molar-refractivity contribution in [3.8, 4) is 11.8 Å². The molecule has 31 heavy (non-hydrogen) atoms. The largest absolute Gasteiger partial charge is 0.316 e. The molecule has 158 valence electrons. The number of nitrogens with one attached hydrogen (secondary N) is 1. The van der Waals surface area contributed by atoms with Crippen LogP contribution in [0.25, 0.3) is 5.69 Å². The second-order valence-electron chi connectivity index (χ2n) is 8.00. The number of carbonyl (C=O) groups is 1. The van der Waals surface area contributed by atoms with Gasteiger partial charge in [-0.05, 0) is 56.2 Å². The third kappa shape index (κ3) is 4.25. The standard InChI is InChI=1S/C23H23N5OS2/c24-13-18-17-9-5-2-6-10-19(17)31-22(18)25-20(29)14-30-23-27-26-21(15-11-12-15)28(23)16-7-3-1-4-8-16/h1,3-4,7-8,15H,2,5-6,9-12,14H2,(H,25,29). The van der Waals surface area contributed by atoms with Gasteiger partial charge in [0.1, 0.15) is 16.9 Å². The lowest BCUT2D eigenvalue weighted by atomic mass is 10.1. The maximum absolute atomic E-state index is 12.7. The van der Waals surface area contributed by atoms with Crippen molar-refractivity contribution in [3.63, 3.8) is 0 Å². The molecule has 3 aromatic rings. The molecule has 6 nitrogen and oxygen atoms in total. The van der Waals surface area contributed by atoms with Gasteiger partial charge in [-0.3, -0.25) is 9.36 Å². The van der Waals surface area contributed by atoms with E-state index in [0.29, 0.717) is 16.5 Å². The summed E-state index contributed by atoms with van der Waals surface area (Å²) in [5.74, 6) is 1.54. The molecule has 1 aromatic carbocycles. The van der Waals surface area contributed by atoms with Gasteiger partial charge in [-0.1, -0.05) is 36.4 Å². The molecule has 2 heterocycles. The summed E-state index contributed by atoms with van der Waals surface area (Å²) in [7, 11) is 0. The number of para-hydroxylation sites is 1. The van der Waals surface area contributed by atoms with Crippen LogP contribution < -0.4 is 5.32 Å². The zero-order valence-electron chi connectivity index (χ0n) is 17.1. The number of fused-ring (bicyclic) bond motifs is 1. The van der Waals surface area contributed by atoms with E-state index < -0.39 is 0 Å². The molecule has 5 rings (SSSR count). The molecule has 2 aromatic heterocycles. The van der Waals surface area contributed by atoms with E-state index in [1.54, 1.807) is 11.3 Å². The van der Waals surface area contributed by atoms with Crippen molar-refractivity contribution >= 4 is 34.0 Å². The van der Waals surface area contributed by atoms with Crippen LogP contribution in [0.1, 0.15) is 59.9 Å². The Bertz CT molecular complexity index is 1140. The van der Waals surface area contributed by atoms with E-state index in [1.165, 1.54) is 23.1 Å². The normalized spacial score (nSPS) is 15.7. The molecule has 0 aliphatic heterocycles. The van der Waals surface area contributed by atoms with Crippen LogP contribution in [0.4, 0.5) is 5.00 Å². The lowest BCUT2D eigenvalue weighted by Crippen LogP contribution is -2.14. The molecule has 2 aliphatic rings. The molecule has 1 saturated carbocycles. The Balaban J connectivity index is 1.32. The monoisotopic (exact) mass is 449 g/mol. The average Bonchev–Trinajstić information content (AvgIpc) is 3.52. The number of nitrogens with zero attached hydrogens (tertiary/aromatic N) is 4. The number of hydrogen-bond donors (Lipinski definition) is 1. The van der Waals surface area contributed by atoms with E-state index in [-0.39, 0.29) is 11.7 Å². The molecule has 0 spiro atoms. The predicted molar refractivity (Wildman–Crippen MR) is 123 cm³/mol. The van der Waals surface area contributed by atoms with Crippen molar-refractivity contribution in [2.45, 2.75) is 56.0 Å². The highest BCUT2D eigenvalue weighted by molar-refractivity contribution is 7.99. The third-order valence-electron chi connectivity index (χ3n) is 5.73. The summed E-state index contributed by atoms with van der Waals surface area (Å²) in [6, 6.07) is 12.4. The molecule has 0 bridgehead atoms. The summed E-state index contributed by atoms with van der Waals surface area (Å²) in [6.45, 7) is 0. The summed E-state index contributed by atoms with van der Waals surface area (Å²) in [6.07, 6.45) is 7.68. The molecular formula is C23H23N5OS2. The topological polar surface area (TPSA) is 83.6 Å². The first-order valence-corrected chi connectivity index (χ1v) is 12.5. The van der Waals surface area contributed by atoms with Crippen LogP contribution in [-0.2, 0) is 17.6 Å². The minimum absolute atomic E-state index is 0.117. The van der Waals surface area contributed by atoms with Gasteiger partial charge in [-0.15, -0.1) is 21.5 Å². The Morgan fingerprint density at radius 3 is 2.77 bits per heavy atom. The lowest BCUT2D eigenvalue weighted by Gasteiger charge is -2.09. The summed E-state index contributed by atoms with van der Waals surface area (Å²) < 4.78 is 2.07. The Labute approximate surface area is 189 Å². The fraction of sp³-hybridized carbons (Fsp3) is 0.391. The molecule has 0 saturated heterocycles. The molecule has 2 aliphatic carbocycles. The zero-order chi connectivity index (χ0) is 21.2. The summed E-state index contributed by atoms with van der Waals surface area (Å²) in [5.41, 5.74) is 2.82. The van der Waals surface area contributed by atoms with Gasteiger partial charge in [-0.25, -0.2) is 0 Å². The second-order valence-corrected chi connectivity index (χ2v) is 10.1. The first-order chi connectivity index (χ1) is 15.2. The Morgan fingerprint density at radius 2 is 2.00 bits per heavy atom. The maximum atomic E-state index is 12.7. The average molecular weight is 450 g/mol. The van der Waals surface area contributed by atoms with Crippen molar-refractivity contribution < 1.29 is 4.79 Å². The summed E-state index contributed by atoms with van der Waals surface area (Å²) in [5, 5.41) is 22.9. The number of amides is 1. The first-order valence-electron chi connectivity index (χ1n) is 10.7. The number of carbonyl (C=O) groups excluding carboxylic acids is 1. The predicted octanol–water partition coefficient (Wildman–Crippen LogP) is 5.08. The van der Waals surface area contributed by atoms with Crippen molar-refractivity contribution in [1.29, 1.82) is 5.26 Å². The van der Waals surface area contributed by atoms with Gasteiger partial charge in [-0.2, -0.15) is 5.26 Å². The van der Waals surface area contributed by atoms with Crippen LogP contribution in [0.3, 0.4) is 0 Å². The minimum atomic E-state index is -0.117. The maximum Gasteiger partial charge on any atom is 0.235 e. The van der Waals surface area contributed by atoms with Crippen molar-refractivity contribution in [2.75, 3.05) is 11.1 Å². The van der Waals surface area contributed by atoms with Crippen LogP contribution in [0.5, 0.6) is 0 Å². The molecule has 0 unspecified atom stereocenters. The number of hydrogen-bond acceptors (Lipinski definition) is 6. The van der Waals surface area contributed by atoms with Gasteiger partial charge in [0.2, 0.25) is 5.91 Å². The van der Waals surface area contributed by atoms with E-state index in [4.69, 9.17) is 0 Å². The number of rotatable bonds is 6. The molecule has 1 fully saturated rings. The smallest absolute Gasteiger partial charge is 0.235 e. The third-order valence-corrected chi connectivity index (χ3v) is 7.87. The highest BCUT2D eigenvalue weighted by Gasteiger charge is 2.31. The van der Waals surface area contributed by atoms with Crippen LogP contribution >= 0.6 is 23.1 Å². The summed E-state index contributed by atoms with van der Waals surface area (Å²) in [4.78, 5) is 14.0. The Hall–Kier alpha value is -2.63. The number of anilines is 1. The van der Waals surface area contributed by atoms with E-state index >= 15 is 0 Å². The molecule has 0 radical (unpaired) electrons. The lowest BCUT2D eigenvalue weighted by molar-refractivity contribution is -0.113. The van der Waals surface area contributed by atoms with Gasteiger partial charge in [0.15, 0.2) is 5.16 Å². The van der Waals surface area contributed by atoms with Gasteiger partial charge < -0.3 is 5.32 Å². The zero-order valence-corrected chi connectivity index (χ0v) is 18.8. The number of nitriles is 1. The number of benzene rings is 1. The quantitative estimate of drug-likeness (QED) is 0.419. The Kier molecular flexibility index (Phi) is 5.79. The van der Waals surface area contributed by atoms with Crippen LogP contribution in [0, 0.1) is 11.3 Å². The second kappa shape index (κ2) is 8.85. The fourth-order valence-corrected chi connectivity index (χ4v) is 6.06. The number of thioether (sulfide) groups is 1. The van der Waals surface area contributed by atoms with Crippen molar-refractivity contribution in [2.24, 2.45) is 0 Å². The number of aromatic nitrogens is 3. The van der Waals surface area contributed by atoms with Gasteiger partial charge in [0, 0.05) is 16.5 Å². The fourth-order valence-electron chi connectivity index (χ4n) is 4.04. The van der Waals surface area contributed by atoms with E-state index in [1.807, 2.05) is 30.3 Å². The van der Waals surface area contributed by atoms with Gasteiger partial charge >= 0.3 is 0 Å². The van der Waals surface area contributed by atoms with E-state index in [2.05, 4.69) is 26.2 Å². The molecular weight excluding hydrogens is 426 g/mol. The van der Waals surface area contributed by atoms with E-state index in [0.717, 1.165) is 60.8 Å². The number of thiophene rings is 1. The molecule has 0 atom stereocenters. The highest BCUT2D eigenvalue weighted by atomic mass is 32.2. The van der Waals surface area contributed by atoms with Crippen LogP contribution in [0.15, 0.2) is 35.5 Å². The van der Waals surface area contributed by atoms with Crippen LogP contribution in [0.2, 0.25) is 0 Å². The van der Waals surface area contributed by atoms with E-state index in [9.17, 15) is 10.1 Å². The first kappa shape index (κ1) is 20.3. The van der Waals surface area contributed by atoms with Crippen molar-refractivity contribution in [3.05, 3.63) is 52.2 Å². The molecule has 1 N–H and O–H groups in total. The van der Waals surface area contributed by atoms with Crippen LogP contribution in [-0.4, -0.2) is 26.4 Å². The van der Waals surface area contributed by atoms with Gasteiger partial charge in [0.05, 0.1) is 11.3 Å². The molecule has 8 heteroatoms. The molecule has 1 amide bonds.